The summed E-state index contributed by atoms with van der Waals surface area (Å²) in [4.78, 5) is 25.1. The number of amides is 2. The number of hydrogen-bond acceptors (Lipinski definition) is 6. The van der Waals surface area contributed by atoms with Crippen molar-refractivity contribution in [3.05, 3.63) is 48.5 Å². The number of benzene rings is 2. The Balaban J connectivity index is 1.88. The van der Waals surface area contributed by atoms with Gasteiger partial charge in [-0.05, 0) is 18.6 Å². The molecule has 9 heteroatoms. The monoisotopic (exact) mass is 404 g/mol. The lowest BCUT2D eigenvalue weighted by molar-refractivity contribution is -0.128. The molecule has 0 bridgehead atoms. The molecule has 0 radical (unpaired) electrons. The molecule has 0 spiro atoms. The Morgan fingerprint density at radius 3 is 2.25 bits per heavy atom. The van der Waals surface area contributed by atoms with Gasteiger partial charge in [0.15, 0.2) is 0 Å². The molecule has 1 fully saturated rings. The lowest BCUT2D eigenvalue weighted by atomic mass is 10.2. The van der Waals surface area contributed by atoms with E-state index in [4.69, 9.17) is 9.47 Å². The Morgan fingerprint density at radius 2 is 1.68 bits per heavy atom. The average molecular weight is 404 g/mol. The summed E-state index contributed by atoms with van der Waals surface area (Å²) < 4.78 is 36.8. The molecule has 1 heterocycles. The zero-order chi connectivity index (χ0) is 20.3. The molecule has 0 aromatic heterocycles. The van der Waals surface area contributed by atoms with E-state index < -0.39 is 27.9 Å². The highest BCUT2D eigenvalue weighted by Crippen LogP contribution is 2.30. The molecule has 1 aliphatic heterocycles. The van der Waals surface area contributed by atoms with Crippen molar-refractivity contribution >= 4 is 27.5 Å². The Morgan fingerprint density at radius 1 is 1.07 bits per heavy atom. The van der Waals surface area contributed by atoms with Crippen LogP contribution in [0.3, 0.4) is 0 Å². The maximum Gasteiger partial charge on any atom is 0.267 e. The molecule has 1 atom stereocenters. The summed E-state index contributed by atoms with van der Waals surface area (Å²) in [5, 5.41) is 2.65. The van der Waals surface area contributed by atoms with Crippen LogP contribution in [0.5, 0.6) is 11.5 Å². The first-order valence-corrected chi connectivity index (χ1v) is 9.97. The van der Waals surface area contributed by atoms with Gasteiger partial charge in [-0.3, -0.25) is 9.59 Å². The number of sulfonamides is 1. The lowest BCUT2D eigenvalue weighted by Crippen LogP contribution is -2.45. The first kappa shape index (κ1) is 19.7. The highest BCUT2D eigenvalue weighted by atomic mass is 32.2. The smallest absolute Gasteiger partial charge is 0.267 e. The standard InChI is InChI=1S/C19H20N2O6S/c1-26-14-10-13(11-15(12-14)27-2)20-19(23)17-8-9-18(22)21(17)28(24,25)16-6-4-3-5-7-16/h3-7,10-12,17H,8-9H2,1-2H3,(H,20,23)/t17-/m0/s1. The van der Waals surface area contributed by atoms with E-state index in [-0.39, 0.29) is 17.7 Å². The van der Waals surface area contributed by atoms with E-state index in [0.29, 0.717) is 21.5 Å². The van der Waals surface area contributed by atoms with Crippen molar-refractivity contribution in [2.45, 2.75) is 23.8 Å². The van der Waals surface area contributed by atoms with Crippen molar-refractivity contribution < 1.29 is 27.5 Å². The normalized spacial score (nSPS) is 16.7. The van der Waals surface area contributed by atoms with Crippen molar-refractivity contribution in [1.29, 1.82) is 0 Å². The summed E-state index contributed by atoms with van der Waals surface area (Å²) in [7, 11) is -1.17. The van der Waals surface area contributed by atoms with Crippen molar-refractivity contribution in [2.24, 2.45) is 0 Å². The molecule has 148 valence electrons. The molecule has 1 N–H and O–H groups in total. The molecule has 8 nitrogen and oxygen atoms in total. The summed E-state index contributed by atoms with van der Waals surface area (Å²) >= 11 is 0. The zero-order valence-corrected chi connectivity index (χ0v) is 16.2. The molecule has 28 heavy (non-hydrogen) atoms. The number of nitrogens with zero attached hydrogens (tertiary/aromatic N) is 1. The van der Waals surface area contributed by atoms with Gasteiger partial charge in [-0.1, -0.05) is 18.2 Å². The number of rotatable bonds is 6. The summed E-state index contributed by atoms with van der Waals surface area (Å²) in [6, 6.07) is 11.2. The lowest BCUT2D eigenvalue weighted by Gasteiger charge is -2.24. The van der Waals surface area contributed by atoms with E-state index in [1.54, 1.807) is 36.4 Å². The fraction of sp³-hybridized carbons (Fsp3) is 0.263. The van der Waals surface area contributed by atoms with Gasteiger partial charge in [0.2, 0.25) is 11.8 Å². The molecule has 1 aliphatic rings. The largest absolute Gasteiger partial charge is 0.497 e. The average Bonchev–Trinajstić information content (AvgIpc) is 3.10. The second kappa shape index (κ2) is 7.89. The third-order valence-electron chi connectivity index (χ3n) is 4.38. The van der Waals surface area contributed by atoms with Crippen LogP contribution in [-0.4, -0.2) is 44.8 Å². The van der Waals surface area contributed by atoms with Crippen LogP contribution < -0.4 is 14.8 Å². The zero-order valence-electron chi connectivity index (χ0n) is 15.4. The van der Waals surface area contributed by atoms with E-state index in [2.05, 4.69) is 5.32 Å². The van der Waals surface area contributed by atoms with E-state index in [1.165, 1.54) is 26.4 Å². The van der Waals surface area contributed by atoms with Gasteiger partial charge in [0.25, 0.3) is 10.0 Å². The number of carbonyl (C=O) groups is 2. The van der Waals surface area contributed by atoms with Crippen LogP contribution in [0, 0.1) is 0 Å². The number of anilines is 1. The van der Waals surface area contributed by atoms with Crippen LogP contribution in [0.4, 0.5) is 5.69 Å². The van der Waals surface area contributed by atoms with Crippen molar-refractivity contribution in [1.82, 2.24) is 4.31 Å². The Hall–Kier alpha value is -3.07. The van der Waals surface area contributed by atoms with Crippen LogP contribution in [-0.2, 0) is 19.6 Å². The van der Waals surface area contributed by atoms with Crippen LogP contribution >= 0.6 is 0 Å². The molecule has 3 rings (SSSR count). The highest BCUT2D eigenvalue weighted by Gasteiger charge is 2.44. The second-order valence-electron chi connectivity index (χ2n) is 6.15. The van der Waals surface area contributed by atoms with Crippen molar-refractivity contribution in [2.75, 3.05) is 19.5 Å². The number of hydrogen-bond donors (Lipinski definition) is 1. The maximum atomic E-state index is 12.9. The first-order valence-electron chi connectivity index (χ1n) is 8.53. The van der Waals surface area contributed by atoms with Gasteiger partial charge in [-0.15, -0.1) is 0 Å². The van der Waals surface area contributed by atoms with Gasteiger partial charge in [0.05, 0.1) is 19.1 Å². The van der Waals surface area contributed by atoms with E-state index >= 15 is 0 Å². The van der Waals surface area contributed by atoms with Gasteiger partial charge < -0.3 is 14.8 Å². The fourth-order valence-electron chi connectivity index (χ4n) is 3.01. The summed E-state index contributed by atoms with van der Waals surface area (Å²) in [6.45, 7) is 0. The van der Waals surface area contributed by atoms with Crippen LogP contribution in [0.25, 0.3) is 0 Å². The van der Waals surface area contributed by atoms with Crippen molar-refractivity contribution in [3.8, 4) is 11.5 Å². The number of nitrogens with one attached hydrogen (secondary N) is 1. The minimum Gasteiger partial charge on any atom is -0.497 e. The molecule has 2 aromatic carbocycles. The van der Waals surface area contributed by atoms with E-state index in [0.717, 1.165) is 0 Å². The first-order chi connectivity index (χ1) is 13.4. The van der Waals surface area contributed by atoms with Crippen LogP contribution in [0.1, 0.15) is 12.8 Å². The van der Waals surface area contributed by atoms with E-state index in [1.807, 2.05) is 0 Å². The SMILES string of the molecule is COc1cc(NC(=O)[C@@H]2CCC(=O)N2S(=O)(=O)c2ccccc2)cc(OC)c1. The van der Waals surface area contributed by atoms with Gasteiger partial charge >= 0.3 is 0 Å². The summed E-state index contributed by atoms with van der Waals surface area (Å²) in [6.07, 6.45) is 0.0867. The molecule has 1 saturated heterocycles. The number of ether oxygens (including phenoxy) is 2. The fourth-order valence-corrected chi connectivity index (χ4v) is 4.64. The van der Waals surface area contributed by atoms with Crippen LogP contribution in [0.15, 0.2) is 53.4 Å². The Kier molecular flexibility index (Phi) is 5.55. The van der Waals surface area contributed by atoms with Crippen LogP contribution in [0.2, 0.25) is 0 Å². The molecular formula is C19H20N2O6S. The predicted molar refractivity (Wildman–Crippen MR) is 102 cm³/mol. The maximum absolute atomic E-state index is 12.9. The number of carbonyl (C=O) groups excluding carboxylic acids is 2. The minimum absolute atomic E-state index is 0.0222. The topological polar surface area (TPSA) is 102 Å². The summed E-state index contributed by atoms with van der Waals surface area (Å²) in [5.41, 5.74) is 0.373. The van der Waals surface area contributed by atoms with Crippen molar-refractivity contribution in [3.63, 3.8) is 0 Å². The molecule has 2 aromatic rings. The third-order valence-corrected chi connectivity index (χ3v) is 6.23. The highest BCUT2D eigenvalue weighted by molar-refractivity contribution is 7.89. The summed E-state index contributed by atoms with van der Waals surface area (Å²) in [5.74, 6) is -0.273. The van der Waals surface area contributed by atoms with Gasteiger partial charge in [0.1, 0.15) is 17.5 Å². The molecule has 0 saturated carbocycles. The third kappa shape index (κ3) is 3.79. The molecular weight excluding hydrogens is 384 g/mol. The quantitative estimate of drug-likeness (QED) is 0.790. The molecule has 0 aliphatic carbocycles. The minimum atomic E-state index is -4.13. The second-order valence-corrected chi connectivity index (χ2v) is 7.97. The van der Waals surface area contributed by atoms with E-state index in [9.17, 15) is 18.0 Å². The van der Waals surface area contributed by atoms with Gasteiger partial charge in [0, 0.05) is 30.3 Å². The number of methoxy groups -OCH3 is 2. The van der Waals surface area contributed by atoms with Gasteiger partial charge in [-0.2, -0.15) is 0 Å². The predicted octanol–water partition coefficient (Wildman–Crippen LogP) is 2.02. The Bertz CT molecular complexity index is 968. The molecule has 2 amide bonds. The Labute approximate surface area is 163 Å². The van der Waals surface area contributed by atoms with Gasteiger partial charge in [-0.25, -0.2) is 12.7 Å². The molecule has 0 unspecified atom stereocenters.